The minimum Gasteiger partial charge on any atom is -0.477 e. The number of carbonyl (C=O) groups is 2. The highest BCUT2D eigenvalue weighted by atomic mass is 32.1. The predicted octanol–water partition coefficient (Wildman–Crippen LogP) is 2.94. The number of carboxylic acids is 1. The fraction of sp³-hybridized carbons (Fsp3) is 0.579. The number of anilines is 1. The van der Waals surface area contributed by atoms with Crippen LogP contribution in [-0.4, -0.2) is 46.0 Å². The zero-order valence-corrected chi connectivity index (χ0v) is 16.8. The summed E-state index contributed by atoms with van der Waals surface area (Å²) < 4.78 is 0.813. The molecule has 0 radical (unpaired) electrons. The Hall–Kier alpha value is -2.06. The molecule has 3 rings (SSSR count). The lowest BCUT2D eigenvalue weighted by Gasteiger charge is -2.34. The number of aromatic carboxylic acids is 1. The first kappa shape index (κ1) is 19.7. The number of rotatable bonds is 5. The standard InChI is InChI=1S/C19H26N4O3S/c1-19(2,3)16(24)12(20)8-11-4-6-23(7-5-11)17-15-13(21-10-22-17)9-14(27-15)18(25)26/h9-12H,4-8,20H2,1-3H3,(H,25,26). The number of carboxylic acid groups (broad SMARTS) is 1. The van der Waals surface area contributed by atoms with Gasteiger partial charge in [0.25, 0.3) is 0 Å². The van der Waals surface area contributed by atoms with Crippen LogP contribution in [0.25, 0.3) is 10.2 Å². The maximum atomic E-state index is 12.3. The van der Waals surface area contributed by atoms with E-state index in [2.05, 4.69) is 14.9 Å². The number of Topliss-reactive ketones (excluding diaryl/α,β-unsaturated/α-hetero) is 1. The van der Waals surface area contributed by atoms with Gasteiger partial charge in [0.15, 0.2) is 5.78 Å². The fourth-order valence-corrected chi connectivity index (χ4v) is 4.54. The van der Waals surface area contributed by atoms with Gasteiger partial charge in [0.1, 0.15) is 17.0 Å². The van der Waals surface area contributed by atoms with E-state index in [1.165, 1.54) is 17.7 Å². The van der Waals surface area contributed by atoms with Gasteiger partial charge in [-0.2, -0.15) is 0 Å². The van der Waals surface area contributed by atoms with Crippen LogP contribution in [0.2, 0.25) is 0 Å². The molecule has 7 nitrogen and oxygen atoms in total. The molecule has 3 heterocycles. The van der Waals surface area contributed by atoms with Crippen LogP contribution in [0.3, 0.4) is 0 Å². The van der Waals surface area contributed by atoms with E-state index >= 15 is 0 Å². The smallest absolute Gasteiger partial charge is 0.345 e. The van der Waals surface area contributed by atoms with Crippen LogP contribution in [0.1, 0.15) is 49.7 Å². The molecule has 3 N–H and O–H groups in total. The monoisotopic (exact) mass is 390 g/mol. The Labute approximate surface area is 162 Å². The first-order valence-electron chi connectivity index (χ1n) is 9.19. The molecule has 2 aromatic rings. The first-order valence-corrected chi connectivity index (χ1v) is 10.0. The number of ketones is 1. The van der Waals surface area contributed by atoms with E-state index in [0.29, 0.717) is 17.9 Å². The number of nitrogens with zero attached hydrogens (tertiary/aromatic N) is 3. The topological polar surface area (TPSA) is 109 Å². The minimum atomic E-state index is -0.944. The number of fused-ring (bicyclic) bond motifs is 1. The molecule has 0 spiro atoms. The molecule has 0 saturated carbocycles. The lowest BCUT2D eigenvalue weighted by Crippen LogP contribution is -2.42. The normalized spacial score (nSPS) is 17.3. The molecule has 8 heteroatoms. The van der Waals surface area contributed by atoms with Crippen molar-refractivity contribution in [3.8, 4) is 0 Å². The quantitative estimate of drug-likeness (QED) is 0.808. The van der Waals surface area contributed by atoms with E-state index in [9.17, 15) is 14.7 Å². The van der Waals surface area contributed by atoms with Crippen LogP contribution < -0.4 is 10.6 Å². The van der Waals surface area contributed by atoms with Gasteiger partial charge in [0.2, 0.25) is 0 Å². The number of thiophene rings is 1. The second kappa shape index (κ2) is 7.52. The minimum absolute atomic E-state index is 0.113. The summed E-state index contributed by atoms with van der Waals surface area (Å²) in [7, 11) is 0. The molecule has 1 unspecified atom stereocenters. The van der Waals surface area contributed by atoms with Gasteiger partial charge in [-0.3, -0.25) is 4.79 Å². The van der Waals surface area contributed by atoms with Crippen LogP contribution >= 0.6 is 11.3 Å². The summed E-state index contributed by atoms with van der Waals surface area (Å²) in [6.07, 6.45) is 4.08. The number of aromatic nitrogens is 2. The second-order valence-corrected chi connectivity index (χ2v) is 9.27. The van der Waals surface area contributed by atoms with Gasteiger partial charge in [-0.1, -0.05) is 20.8 Å². The number of carbonyl (C=O) groups excluding carboxylic acids is 1. The van der Waals surface area contributed by atoms with Gasteiger partial charge in [-0.15, -0.1) is 11.3 Å². The third-order valence-corrected chi connectivity index (χ3v) is 6.19. The van der Waals surface area contributed by atoms with Crippen molar-refractivity contribution >= 4 is 39.1 Å². The summed E-state index contributed by atoms with van der Waals surface area (Å²) >= 11 is 1.21. The first-order chi connectivity index (χ1) is 12.7. The summed E-state index contributed by atoms with van der Waals surface area (Å²) in [5.74, 6) is 0.381. The molecule has 1 atom stereocenters. The molecule has 1 saturated heterocycles. The largest absolute Gasteiger partial charge is 0.477 e. The van der Waals surface area contributed by atoms with Crippen molar-refractivity contribution in [2.45, 2.75) is 46.1 Å². The second-order valence-electron chi connectivity index (χ2n) is 8.21. The molecule has 1 aliphatic rings. The molecular formula is C19H26N4O3S. The lowest BCUT2D eigenvalue weighted by atomic mass is 9.81. The number of piperidine rings is 1. The Morgan fingerprint density at radius 3 is 2.59 bits per heavy atom. The maximum absolute atomic E-state index is 12.3. The van der Waals surface area contributed by atoms with Gasteiger partial charge in [0.05, 0.1) is 16.3 Å². The van der Waals surface area contributed by atoms with E-state index in [1.807, 2.05) is 20.8 Å². The van der Waals surface area contributed by atoms with Crippen LogP contribution in [0.4, 0.5) is 5.82 Å². The zero-order valence-electron chi connectivity index (χ0n) is 15.9. The van der Waals surface area contributed by atoms with E-state index in [-0.39, 0.29) is 10.7 Å². The third-order valence-electron chi connectivity index (χ3n) is 5.08. The van der Waals surface area contributed by atoms with Crippen LogP contribution in [0.15, 0.2) is 12.4 Å². The SMILES string of the molecule is CC(C)(C)C(=O)C(N)CC1CCN(c2ncnc3cc(C(=O)O)sc23)CC1. The molecular weight excluding hydrogens is 364 g/mol. The lowest BCUT2D eigenvalue weighted by molar-refractivity contribution is -0.128. The number of hydrogen-bond acceptors (Lipinski definition) is 7. The Bertz CT molecular complexity index is 850. The van der Waals surface area contributed by atoms with E-state index in [1.54, 1.807) is 6.07 Å². The predicted molar refractivity (Wildman–Crippen MR) is 106 cm³/mol. The van der Waals surface area contributed by atoms with Gasteiger partial charge >= 0.3 is 5.97 Å². The Morgan fingerprint density at radius 2 is 2.00 bits per heavy atom. The van der Waals surface area contributed by atoms with E-state index in [0.717, 1.165) is 36.4 Å². The van der Waals surface area contributed by atoms with Crippen LogP contribution in [0, 0.1) is 11.3 Å². The molecule has 27 heavy (non-hydrogen) atoms. The average Bonchev–Trinajstić information content (AvgIpc) is 3.05. The molecule has 0 bridgehead atoms. The maximum Gasteiger partial charge on any atom is 0.345 e. The summed E-state index contributed by atoms with van der Waals surface area (Å²) in [6, 6.07) is 1.18. The highest BCUT2D eigenvalue weighted by Crippen LogP contribution is 2.34. The zero-order chi connectivity index (χ0) is 19.8. The van der Waals surface area contributed by atoms with E-state index < -0.39 is 17.4 Å². The van der Waals surface area contributed by atoms with Crippen LogP contribution in [0.5, 0.6) is 0 Å². The fourth-order valence-electron chi connectivity index (χ4n) is 3.58. The molecule has 0 amide bonds. The van der Waals surface area contributed by atoms with Gasteiger partial charge in [0, 0.05) is 18.5 Å². The molecule has 1 aliphatic heterocycles. The number of nitrogens with two attached hydrogens (primary N) is 1. The van der Waals surface area contributed by atoms with Crippen LogP contribution in [-0.2, 0) is 4.79 Å². The van der Waals surface area contributed by atoms with Crippen molar-refractivity contribution in [3.63, 3.8) is 0 Å². The van der Waals surface area contributed by atoms with Crippen molar-refractivity contribution in [1.82, 2.24) is 9.97 Å². The summed E-state index contributed by atoms with van der Waals surface area (Å²) in [5.41, 5.74) is 6.41. The van der Waals surface area contributed by atoms with Gasteiger partial charge < -0.3 is 15.7 Å². The Kier molecular flexibility index (Phi) is 5.48. The highest BCUT2D eigenvalue weighted by Gasteiger charge is 2.30. The van der Waals surface area contributed by atoms with Gasteiger partial charge in [-0.05, 0) is 31.2 Å². The van der Waals surface area contributed by atoms with Crippen molar-refractivity contribution in [1.29, 1.82) is 0 Å². The molecule has 0 aliphatic carbocycles. The molecule has 1 fully saturated rings. The average molecular weight is 391 g/mol. The summed E-state index contributed by atoms with van der Waals surface area (Å²) in [5, 5.41) is 9.22. The summed E-state index contributed by atoms with van der Waals surface area (Å²) in [4.78, 5) is 34.6. The Morgan fingerprint density at radius 1 is 1.33 bits per heavy atom. The number of hydrogen-bond donors (Lipinski definition) is 2. The van der Waals surface area contributed by atoms with Crippen molar-refractivity contribution < 1.29 is 14.7 Å². The van der Waals surface area contributed by atoms with Crippen molar-refractivity contribution in [2.75, 3.05) is 18.0 Å². The highest BCUT2D eigenvalue weighted by molar-refractivity contribution is 7.21. The summed E-state index contributed by atoms with van der Waals surface area (Å²) in [6.45, 7) is 7.35. The van der Waals surface area contributed by atoms with Crippen molar-refractivity contribution in [3.05, 3.63) is 17.3 Å². The molecule has 146 valence electrons. The molecule has 2 aromatic heterocycles. The molecule has 0 aromatic carbocycles. The van der Waals surface area contributed by atoms with E-state index in [4.69, 9.17) is 5.73 Å². The van der Waals surface area contributed by atoms with Gasteiger partial charge in [-0.25, -0.2) is 14.8 Å². The third kappa shape index (κ3) is 4.27. The van der Waals surface area contributed by atoms with Crippen molar-refractivity contribution in [2.24, 2.45) is 17.1 Å². The Balaban J connectivity index is 1.67.